The molecule has 0 bridgehead atoms. The lowest BCUT2D eigenvalue weighted by Crippen LogP contribution is -2.64. The van der Waals surface area contributed by atoms with Gasteiger partial charge in [-0.3, -0.25) is 19.2 Å². The minimum atomic E-state index is -1.28. The zero-order valence-corrected chi connectivity index (χ0v) is 20.7. The van der Waals surface area contributed by atoms with E-state index in [1.54, 1.807) is 13.8 Å². The Morgan fingerprint density at radius 2 is 1.69 bits per heavy atom. The molecule has 1 aliphatic rings. The van der Waals surface area contributed by atoms with Gasteiger partial charge in [0.1, 0.15) is 11.2 Å². The number of aryl methyl sites for hydroxylation is 3. The highest BCUT2D eigenvalue weighted by atomic mass is 16.5. The lowest BCUT2D eigenvalue weighted by Gasteiger charge is -2.43. The minimum absolute atomic E-state index is 0.0416. The van der Waals surface area contributed by atoms with Gasteiger partial charge in [0.05, 0.1) is 13.2 Å². The molecule has 0 saturated carbocycles. The van der Waals surface area contributed by atoms with Crippen molar-refractivity contribution in [3.63, 3.8) is 0 Å². The Bertz CT molecular complexity index is 1270. The molecule has 0 spiro atoms. The van der Waals surface area contributed by atoms with Gasteiger partial charge in [0.2, 0.25) is 5.91 Å². The third-order valence-corrected chi connectivity index (χ3v) is 6.17. The van der Waals surface area contributed by atoms with E-state index in [0.717, 1.165) is 22.3 Å². The second-order valence-corrected chi connectivity index (χ2v) is 9.22. The van der Waals surface area contributed by atoms with Crippen LogP contribution in [0.3, 0.4) is 0 Å². The van der Waals surface area contributed by atoms with Crippen molar-refractivity contribution in [2.45, 2.75) is 53.2 Å². The van der Waals surface area contributed by atoms with Crippen LogP contribution in [0.2, 0.25) is 0 Å². The summed E-state index contributed by atoms with van der Waals surface area (Å²) >= 11 is 0. The smallest absolute Gasteiger partial charge is 0.358 e. The van der Waals surface area contributed by atoms with E-state index < -0.39 is 17.4 Å². The van der Waals surface area contributed by atoms with Gasteiger partial charge in [-0.05, 0) is 63.4 Å². The summed E-state index contributed by atoms with van der Waals surface area (Å²) in [4.78, 5) is 41.3. The fourth-order valence-electron chi connectivity index (χ4n) is 4.45. The van der Waals surface area contributed by atoms with Crippen LogP contribution >= 0.6 is 0 Å². The molecule has 8 nitrogen and oxygen atoms in total. The Kier molecular flexibility index (Phi) is 6.47. The maximum absolute atomic E-state index is 13.8. The van der Waals surface area contributed by atoms with Crippen molar-refractivity contribution in [3.05, 3.63) is 82.2 Å². The fraction of sp³-hybridized carbons (Fsp3) is 0.333. The van der Waals surface area contributed by atoms with Gasteiger partial charge in [0.25, 0.3) is 5.91 Å². The summed E-state index contributed by atoms with van der Waals surface area (Å²) in [6.45, 7) is 9.93. The molecular weight excluding hydrogens is 444 g/mol. The molecule has 1 N–H and O–H groups in total. The van der Waals surface area contributed by atoms with Crippen LogP contribution in [0.15, 0.2) is 48.5 Å². The van der Waals surface area contributed by atoms with Crippen LogP contribution in [-0.4, -0.2) is 39.7 Å². The van der Waals surface area contributed by atoms with Crippen LogP contribution in [0.4, 0.5) is 5.69 Å². The molecule has 1 aromatic heterocycles. The molecule has 2 heterocycles. The molecule has 3 aromatic rings. The highest BCUT2D eigenvalue weighted by Gasteiger charge is 2.49. The number of hydrogen-bond acceptors (Lipinski definition) is 5. The minimum Gasteiger partial charge on any atom is -0.461 e. The van der Waals surface area contributed by atoms with E-state index in [-0.39, 0.29) is 30.4 Å². The third-order valence-electron chi connectivity index (χ3n) is 6.17. The first-order valence-electron chi connectivity index (χ1n) is 11.6. The third kappa shape index (κ3) is 4.69. The van der Waals surface area contributed by atoms with E-state index >= 15 is 0 Å². The van der Waals surface area contributed by atoms with Crippen molar-refractivity contribution in [2.75, 3.05) is 11.5 Å². The monoisotopic (exact) mass is 474 g/mol. The van der Waals surface area contributed by atoms with Crippen LogP contribution in [0.25, 0.3) is 0 Å². The first-order valence-corrected chi connectivity index (χ1v) is 11.6. The molecule has 2 amide bonds. The first kappa shape index (κ1) is 24.2. The maximum Gasteiger partial charge on any atom is 0.358 e. The number of benzene rings is 2. The molecule has 0 radical (unpaired) electrons. The largest absolute Gasteiger partial charge is 0.461 e. The number of amides is 2. The van der Waals surface area contributed by atoms with E-state index in [1.807, 2.05) is 63.2 Å². The molecule has 4 rings (SSSR count). The lowest BCUT2D eigenvalue weighted by atomic mass is 9.93. The van der Waals surface area contributed by atoms with Crippen molar-refractivity contribution >= 4 is 23.5 Å². The molecule has 0 unspecified atom stereocenters. The fourth-order valence-corrected chi connectivity index (χ4v) is 4.45. The Hall–Kier alpha value is -3.94. The molecule has 8 heteroatoms. The molecule has 0 aliphatic carbocycles. The number of nitrogens with one attached hydrogen (secondary N) is 1. The molecule has 0 fully saturated rings. The standard InChI is InChI=1S/C27H30N4O4/c1-6-35-25(33)22-14-23-24(32)31(21-12-18(3)11-19(4)13-21)27(5,16-30(23)29-22)26(34)28-15-20-9-7-17(2)8-10-20/h7-14H,6,15-16H2,1-5H3,(H,28,34)/t27-/m0/s1. The van der Waals surface area contributed by atoms with Gasteiger partial charge in [0.15, 0.2) is 5.69 Å². The summed E-state index contributed by atoms with van der Waals surface area (Å²) in [5.74, 6) is -1.33. The second kappa shape index (κ2) is 9.37. The number of carbonyl (C=O) groups is 3. The number of hydrogen-bond donors (Lipinski definition) is 1. The van der Waals surface area contributed by atoms with E-state index in [4.69, 9.17) is 4.74 Å². The van der Waals surface area contributed by atoms with Gasteiger partial charge in [-0.2, -0.15) is 5.10 Å². The summed E-state index contributed by atoms with van der Waals surface area (Å²) in [6, 6.07) is 15.1. The molecule has 1 atom stereocenters. The van der Waals surface area contributed by atoms with E-state index in [0.29, 0.717) is 12.2 Å². The predicted molar refractivity (Wildman–Crippen MR) is 132 cm³/mol. The summed E-state index contributed by atoms with van der Waals surface area (Å²) in [5, 5.41) is 7.30. The molecule has 1 aliphatic heterocycles. The normalized spacial score (nSPS) is 17.2. The van der Waals surface area contributed by atoms with Gasteiger partial charge in [-0.1, -0.05) is 35.9 Å². The zero-order valence-electron chi connectivity index (χ0n) is 20.7. The van der Waals surface area contributed by atoms with E-state index in [2.05, 4.69) is 10.4 Å². The first-order chi connectivity index (χ1) is 16.6. The van der Waals surface area contributed by atoms with Gasteiger partial charge < -0.3 is 10.1 Å². The number of esters is 1. The summed E-state index contributed by atoms with van der Waals surface area (Å²) < 4.78 is 6.49. The second-order valence-electron chi connectivity index (χ2n) is 9.22. The molecule has 182 valence electrons. The summed E-state index contributed by atoms with van der Waals surface area (Å²) in [5.41, 5.74) is 3.64. The van der Waals surface area contributed by atoms with Crippen molar-refractivity contribution in [1.82, 2.24) is 15.1 Å². The average molecular weight is 475 g/mol. The van der Waals surface area contributed by atoms with Gasteiger partial charge in [-0.15, -0.1) is 0 Å². The number of fused-ring (bicyclic) bond motifs is 1. The molecule has 2 aromatic carbocycles. The Labute approximate surface area is 204 Å². The number of anilines is 1. The van der Waals surface area contributed by atoms with Crippen molar-refractivity contribution in [1.29, 1.82) is 0 Å². The summed E-state index contributed by atoms with van der Waals surface area (Å²) in [7, 11) is 0. The van der Waals surface area contributed by atoms with E-state index in [1.165, 1.54) is 15.6 Å². The maximum atomic E-state index is 13.8. The van der Waals surface area contributed by atoms with Crippen LogP contribution in [0.5, 0.6) is 0 Å². The van der Waals surface area contributed by atoms with Crippen LogP contribution in [0.1, 0.15) is 57.1 Å². The number of rotatable bonds is 6. The Balaban J connectivity index is 1.74. The lowest BCUT2D eigenvalue weighted by molar-refractivity contribution is -0.126. The van der Waals surface area contributed by atoms with Crippen LogP contribution < -0.4 is 10.2 Å². The van der Waals surface area contributed by atoms with Crippen molar-refractivity contribution < 1.29 is 19.1 Å². The molecular formula is C27H30N4O4. The van der Waals surface area contributed by atoms with Gasteiger partial charge in [0, 0.05) is 18.3 Å². The average Bonchev–Trinajstić information content (AvgIpc) is 3.22. The van der Waals surface area contributed by atoms with Crippen molar-refractivity contribution in [3.8, 4) is 0 Å². The highest BCUT2D eigenvalue weighted by Crippen LogP contribution is 2.34. The highest BCUT2D eigenvalue weighted by molar-refractivity contribution is 6.12. The van der Waals surface area contributed by atoms with Crippen LogP contribution in [-0.2, 0) is 22.6 Å². The Morgan fingerprint density at radius 1 is 1.03 bits per heavy atom. The van der Waals surface area contributed by atoms with E-state index in [9.17, 15) is 14.4 Å². The predicted octanol–water partition coefficient (Wildman–Crippen LogP) is 3.72. The number of nitrogens with zero attached hydrogens (tertiary/aromatic N) is 3. The summed E-state index contributed by atoms with van der Waals surface area (Å²) in [6.07, 6.45) is 0. The number of aromatic nitrogens is 2. The topological polar surface area (TPSA) is 93.5 Å². The quantitative estimate of drug-likeness (QED) is 0.550. The van der Waals surface area contributed by atoms with Gasteiger partial charge in [-0.25, -0.2) is 4.79 Å². The number of carbonyl (C=O) groups excluding carboxylic acids is 3. The van der Waals surface area contributed by atoms with Gasteiger partial charge >= 0.3 is 5.97 Å². The molecule has 0 saturated heterocycles. The SMILES string of the molecule is CCOC(=O)c1cc2n(n1)C[C@@](C)(C(=O)NCc1ccc(C)cc1)N(c1cc(C)cc(C)c1)C2=O. The van der Waals surface area contributed by atoms with Crippen LogP contribution in [0, 0.1) is 20.8 Å². The zero-order chi connectivity index (χ0) is 25.3. The number of ether oxygens (including phenoxy) is 1. The Morgan fingerprint density at radius 3 is 2.31 bits per heavy atom. The molecule has 35 heavy (non-hydrogen) atoms. The van der Waals surface area contributed by atoms with Crippen molar-refractivity contribution in [2.24, 2.45) is 0 Å².